The van der Waals surface area contributed by atoms with Gasteiger partial charge < -0.3 is 9.97 Å². The molecule has 6 aromatic rings. The minimum Gasteiger partial charge on any atom is -0.360 e. The van der Waals surface area contributed by atoms with Crippen molar-refractivity contribution in [3.8, 4) is 28.5 Å². The number of nitriles is 1. The van der Waals surface area contributed by atoms with E-state index in [2.05, 4.69) is 22.1 Å². The molecule has 4 heteroatoms. The molecule has 0 spiro atoms. The Morgan fingerprint density at radius 3 is 2.35 bits per heavy atom. The van der Waals surface area contributed by atoms with Gasteiger partial charge in [-0.25, -0.2) is 0 Å². The van der Waals surface area contributed by atoms with Gasteiger partial charge in [0.15, 0.2) is 0 Å². The number of para-hydroxylation sites is 1. The topological polar surface area (TPSA) is 72.4 Å². The van der Waals surface area contributed by atoms with Crippen molar-refractivity contribution in [2.75, 3.05) is 0 Å². The fraction of sp³-hybridized carbons (Fsp3) is 0. The standard InChI is InChI=1S/C30H19N3O/c31-17-24-27(22-15-14-19-8-4-5-11-21(19)16-22)29(30(34)20-9-2-1-3-10-20)33-28(24)25-18-32-26-13-7-6-12-23(25)26/h1-16,18,32-33H. The Bertz CT molecular complexity index is 1730. The zero-order chi connectivity index (χ0) is 23.1. The van der Waals surface area contributed by atoms with E-state index in [1.54, 1.807) is 12.1 Å². The zero-order valence-electron chi connectivity index (χ0n) is 18.2. The van der Waals surface area contributed by atoms with Gasteiger partial charge in [-0.05, 0) is 28.5 Å². The predicted octanol–water partition coefficient (Wildman–Crippen LogP) is 7.09. The molecule has 6 rings (SSSR count). The summed E-state index contributed by atoms with van der Waals surface area (Å²) in [7, 11) is 0. The largest absolute Gasteiger partial charge is 0.360 e. The van der Waals surface area contributed by atoms with Crippen LogP contribution in [0.1, 0.15) is 21.6 Å². The molecule has 0 unspecified atom stereocenters. The molecule has 0 saturated carbocycles. The van der Waals surface area contributed by atoms with E-state index in [0.717, 1.165) is 32.8 Å². The monoisotopic (exact) mass is 437 g/mol. The summed E-state index contributed by atoms with van der Waals surface area (Å²) in [6.07, 6.45) is 1.89. The van der Waals surface area contributed by atoms with Gasteiger partial charge in [0.1, 0.15) is 6.07 Å². The molecule has 0 saturated heterocycles. The summed E-state index contributed by atoms with van der Waals surface area (Å²) < 4.78 is 0. The van der Waals surface area contributed by atoms with Gasteiger partial charge in [0, 0.05) is 33.8 Å². The first-order valence-electron chi connectivity index (χ1n) is 11.1. The summed E-state index contributed by atoms with van der Waals surface area (Å²) in [4.78, 5) is 20.3. The molecule has 0 radical (unpaired) electrons. The van der Waals surface area contributed by atoms with Crippen LogP contribution in [0, 0.1) is 11.3 Å². The van der Waals surface area contributed by atoms with Crippen LogP contribution in [-0.2, 0) is 0 Å². The Labute approximate surface area is 196 Å². The summed E-state index contributed by atoms with van der Waals surface area (Å²) in [5, 5.41) is 13.5. The van der Waals surface area contributed by atoms with Crippen LogP contribution in [0.2, 0.25) is 0 Å². The number of fused-ring (bicyclic) bond motifs is 2. The number of nitrogens with zero attached hydrogens (tertiary/aromatic N) is 1. The smallest absolute Gasteiger partial charge is 0.209 e. The van der Waals surface area contributed by atoms with E-state index in [9.17, 15) is 10.1 Å². The van der Waals surface area contributed by atoms with E-state index >= 15 is 0 Å². The van der Waals surface area contributed by atoms with Crippen molar-refractivity contribution in [3.05, 3.63) is 120 Å². The zero-order valence-corrected chi connectivity index (χ0v) is 18.2. The molecule has 4 aromatic carbocycles. The molecule has 0 aliphatic carbocycles. The van der Waals surface area contributed by atoms with Gasteiger partial charge >= 0.3 is 0 Å². The first kappa shape index (κ1) is 19.8. The molecule has 4 nitrogen and oxygen atoms in total. The highest BCUT2D eigenvalue weighted by Gasteiger charge is 2.26. The molecule has 160 valence electrons. The number of carbonyl (C=O) groups is 1. The summed E-state index contributed by atoms with van der Waals surface area (Å²) in [5.41, 5.74) is 5.38. The maximum Gasteiger partial charge on any atom is 0.209 e. The average molecular weight is 438 g/mol. The Morgan fingerprint density at radius 2 is 1.53 bits per heavy atom. The summed E-state index contributed by atoms with van der Waals surface area (Å²) >= 11 is 0. The first-order chi connectivity index (χ1) is 16.7. The average Bonchev–Trinajstić information content (AvgIpc) is 3.50. The molecule has 2 heterocycles. The highest BCUT2D eigenvalue weighted by atomic mass is 16.1. The summed E-state index contributed by atoms with van der Waals surface area (Å²) in [6.45, 7) is 0. The van der Waals surface area contributed by atoms with Gasteiger partial charge in [-0.15, -0.1) is 0 Å². The molecule has 2 N–H and O–H groups in total. The number of rotatable bonds is 4. The van der Waals surface area contributed by atoms with E-state index in [0.29, 0.717) is 28.1 Å². The fourth-order valence-electron chi connectivity index (χ4n) is 4.63. The van der Waals surface area contributed by atoms with E-state index in [4.69, 9.17) is 0 Å². The Kier molecular flexibility index (Phi) is 4.60. The number of aromatic nitrogens is 2. The van der Waals surface area contributed by atoms with Crippen LogP contribution < -0.4 is 0 Å². The molecule has 34 heavy (non-hydrogen) atoms. The third kappa shape index (κ3) is 3.11. The molecule has 0 aliphatic rings. The van der Waals surface area contributed by atoms with Crippen LogP contribution in [0.5, 0.6) is 0 Å². The van der Waals surface area contributed by atoms with Gasteiger partial charge in [-0.2, -0.15) is 5.26 Å². The van der Waals surface area contributed by atoms with Crippen molar-refractivity contribution in [2.24, 2.45) is 0 Å². The van der Waals surface area contributed by atoms with Gasteiger partial charge in [-0.3, -0.25) is 4.79 Å². The first-order valence-corrected chi connectivity index (χ1v) is 11.1. The van der Waals surface area contributed by atoms with Crippen molar-refractivity contribution >= 4 is 27.5 Å². The van der Waals surface area contributed by atoms with Crippen molar-refractivity contribution in [2.45, 2.75) is 0 Å². The van der Waals surface area contributed by atoms with Crippen LogP contribution in [0.25, 0.3) is 44.1 Å². The van der Waals surface area contributed by atoms with Gasteiger partial charge in [-0.1, -0.05) is 84.9 Å². The quantitative estimate of drug-likeness (QED) is 0.289. The number of hydrogen-bond donors (Lipinski definition) is 2. The van der Waals surface area contributed by atoms with E-state index in [1.165, 1.54) is 0 Å². The Morgan fingerprint density at radius 1 is 0.794 bits per heavy atom. The number of carbonyl (C=O) groups excluding carboxylic acids is 1. The van der Waals surface area contributed by atoms with Crippen LogP contribution in [0.4, 0.5) is 0 Å². The highest BCUT2D eigenvalue weighted by molar-refractivity contribution is 6.14. The third-order valence-electron chi connectivity index (χ3n) is 6.27. The lowest BCUT2D eigenvalue weighted by Gasteiger charge is -2.07. The molecule has 0 atom stereocenters. The van der Waals surface area contributed by atoms with Gasteiger partial charge in [0.2, 0.25) is 5.78 Å². The second kappa shape index (κ2) is 7.91. The van der Waals surface area contributed by atoms with Crippen molar-refractivity contribution in [1.29, 1.82) is 5.26 Å². The molecular formula is C30H19N3O. The third-order valence-corrected chi connectivity index (χ3v) is 6.27. The second-order valence-electron chi connectivity index (χ2n) is 8.24. The van der Waals surface area contributed by atoms with E-state index in [-0.39, 0.29) is 5.78 Å². The SMILES string of the molecule is N#Cc1c(-c2c[nH]c3ccccc23)[nH]c(C(=O)c2ccccc2)c1-c1ccc2ccccc2c1. The molecule has 0 aliphatic heterocycles. The Hall–Kier alpha value is -4.88. The van der Waals surface area contributed by atoms with Crippen LogP contribution in [0.3, 0.4) is 0 Å². The number of hydrogen-bond acceptors (Lipinski definition) is 2. The summed E-state index contributed by atoms with van der Waals surface area (Å²) in [6, 6.07) is 33.6. The minimum atomic E-state index is -0.147. The molecule has 0 bridgehead atoms. The van der Waals surface area contributed by atoms with Crippen molar-refractivity contribution in [1.82, 2.24) is 9.97 Å². The molecule has 2 aromatic heterocycles. The van der Waals surface area contributed by atoms with Gasteiger partial charge in [0.05, 0.1) is 17.0 Å². The molecule has 0 fully saturated rings. The van der Waals surface area contributed by atoms with Crippen LogP contribution >= 0.6 is 0 Å². The highest BCUT2D eigenvalue weighted by Crippen LogP contribution is 2.39. The molecule has 0 amide bonds. The predicted molar refractivity (Wildman–Crippen MR) is 136 cm³/mol. The van der Waals surface area contributed by atoms with Crippen LogP contribution in [0.15, 0.2) is 103 Å². The number of H-pyrrole nitrogens is 2. The van der Waals surface area contributed by atoms with E-state index < -0.39 is 0 Å². The second-order valence-corrected chi connectivity index (χ2v) is 8.24. The lowest BCUT2D eigenvalue weighted by atomic mass is 9.94. The summed E-state index contributed by atoms with van der Waals surface area (Å²) in [5.74, 6) is -0.147. The number of benzene rings is 4. The van der Waals surface area contributed by atoms with Crippen molar-refractivity contribution < 1.29 is 4.79 Å². The molecular weight excluding hydrogens is 418 g/mol. The lowest BCUT2D eigenvalue weighted by Crippen LogP contribution is -2.03. The minimum absolute atomic E-state index is 0.147. The lowest BCUT2D eigenvalue weighted by molar-refractivity contribution is 0.103. The fourth-order valence-corrected chi connectivity index (χ4v) is 4.63. The maximum absolute atomic E-state index is 13.7. The van der Waals surface area contributed by atoms with Gasteiger partial charge in [0.25, 0.3) is 0 Å². The number of aromatic amines is 2. The Balaban J connectivity index is 1.65. The van der Waals surface area contributed by atoms with Crippen molar-refractivity contribution in [3.63, 3.8) is 0 Å². The normalized spacial score (nSPS) is 11.0. The maximum atomic E-state index is 13.7. The number of ketones is 1. The van der Waals surface area contributed by atoms with Crippen LogP contribution in [-0.4, -0.2) is 15.8 Å². The number of nitrogens with one attached hydrogen (secondary N) is 2. The van der Waals surface area contributed by atoms with E-state index in [1.807, 2.05) is 85.1 Å².